The molecule has 1 aliphatic rings. The first-order chi connectivity index (χ1) is 11.9. The molecule has 0 radical (unpaired) electrons. The van der Waals surface area contributed by atoms with Gasteiger partial charge < -0.3 is 14.8 Å². The van der Waals surface area contributed by atoms with E-state index in [-0.39, 0.29) is 17.9 Å². The van der Waals surface area contributed by atoms with Gasteiger partial charge in [0.25, 0.3) is 5.91 Å². The summed E-state index contributed by atoms with van der Waals surface area (Å²) in [4.78, 5) is 23.5. The molecule has 0 unspecified atom stereocenters. The Balaban J connectivity index is 2.00. The summed E-state index contributed by atoms with van der Waals surface area (Å²) < 4.78 is 2.04. The van der Waals surface area contributed by atoms with E-state index in [1.54, 1.807) is 6.33 Å². The van der Waals surface area contributed by atoms with Gasteiger partial charge in [-0.25, -0.2) is 9.97 Å². The Morgan fingerprint density at radius 1 is 1.28 bits per heavy atom. The van der Waals surface area contributed by atoms with E-state index in [2.05, 4.69) is 34.3 Å². The van der Waals surface area contributed by atoms with Crippen LogP contribution in [0.15, 0.2) is 6.33 Å². The molecule has 0 bridgehead atoms. The number of hydrogen-bond donors (Lipinski definition) is 1. The Hall–Kier alpha value is -2.51. The summed E-state index contributed by atoms with van der Waals surface area (Å²) in [6.45, 7) is 9.44. The smallest absolute Gasteiger partial charge is 0.270 e. The van der Waals surface area contributed by atoms with Gasteiger partial charge in [-0.05, 0) is 20.3 Å². The number of carbonyl (C=O) groups excluding carboxylic acids is 1. The van der Waals surface area contributed by atoms with Crippen LogP contribution in [0, 0.1) is 0 Å². The van der Waals surface area contributed by atoms with Crippen LogP contribution < -0.4 is 10.2 Å². The number of nitrogens with one attached hydrogen (secondary N) is 1. The molecule has 1 amide bonds. The van der Waals surface area contributed by atoms with E-state index in [4.69, 9.17) is 4.98 Å². The Bertz CT molecular complexity index is 781. The average Bonchev–Trinajstić information content (AvgIpc) is 3.02. The van der Waals surface area contributed by atoms with Crippen molar-refractivity contribution in [3.63, 3.8) is 0 Å². The van der Waals surface area contributed by atoms with E-state index in [0.29, 0.717) is 24.6 Å². The third-order valence-corrected chi connectivity index (χ3v) is 4.34. The van der Waals surface area contributed by atoms with Crippen molar-refractivity contribution < 1.29 is 4.79 Å². The number of carbonyl (C=O) groups is 1. The van der Waals surface area contributed by atoms with Gasteiger partial charge in [0, 0.05) is 31.1 Å². The highest BCUT2D eigenvalue weighted by Gasteiger charge is 2.26. The first-order valence-corrected chi connectivity index (χ1v) is 8.67. The van der Waals surface area contributed by atoms with Crippen LogP contribution in [0.25, 0.3) is 0 Å². The predicted octanol–water partition coefficient (Wildman–Crippen LogP) is 1.69. The molecule has 0 atom stereocenters. The van der Waals surface area contributed by atoms with Gasteiger partial charge >= 0.3 is 0 Å². The molecule has 0 aromatic carbocycles. The molecule has 0 spiro atoms. The zero-order chi connectivity index (χ0) is 18.1. The fraction of sp³-hybridized carbons (Fsp3) is 0.588. The number of rotatable bonds is 5. The van der Waals surface area contributed by atoms with Crippen molar-refractivity contribution in [1.82, 2.24) is 30.0 Å². The Morgan fingerprint density at radius 3 is 2.72 bits per heavy atom. The number of anilines is 1. The largest absolute Gasteiger partial charge is 0.352 e. The Morgan fingerprint density at radius 2 is 2.04 bits per heavy atom. The summed E-state index contributed by atoms with van der Waals surface area (Å²) in [5.41, 5.74) is 1.41. The number of amides is 1. The van der Waals surface area contributed by atoms with E-state index >= 15 is 0 Å². The van der Waals surface area contributed by atoms with Crippen molar-refractivity contribution in [2.45, 2.75) is 52.6 Å². The van der Waals surface area contributed by atoms with Gasteiger partial charge in [-0.3, -0.25) is 4.79 Å². The molecule has 3 heterocycles. The molecule has 25 heavy (non-hydrogen) atoms. The molecular weight excluding hydrogens is 318 g/mol. The molecule has 3 rings (SSSR count). The number of fused-ring (bicyclic) bond motifs is 1. The summed E-state index contributed by atoms with van der Waals surface area (Å²) in [6, 6.07) is 0.287. The minimum absolute atomic E-state index is 0.120. The average molecular weight is 343 g/mol. The monoisotopic (exact) mass is 343 g/mol. The molecule has 0 saturated heterocycles. The SMILES string of the molecule is CC(C)c1nc2c(c(N(C)Cc3nncn3C(C)C)n1)CCNC2=O. The predicted molar refractivity (Wildman–Crippen MR) is 94.7 cm³/mol. The zero-order valence-electron chi connectivity index (χ0n) is 15.4. The zero-order valence-corrected chi connectivity index (χ0v) is 15.4. The third kappa shape index (κ3) is 3.33. The van der Waals surface area contributed by atoms with Crippen molar-refractivity contribution in [3.8, 4) is 0 Å². The van der Waals surface area contributed by atoms with Crippen molar-refractivity contribution in [1.29, 1.82) is 0 Å². The van der Waals surface area contributed by atoms with Crippen molar-refractivity contribution >= 4 is 11.7 Å². The van der Waals surface area contributed by atoms with Crippen LogP contribution in [0.1, 0.15) is 67.4 Å². The van der Waals surface area contributed by atoms with Gasteiger partial charge in [0.15, 0.2) is 5.82 Å². The Labute approximate surface area is 147 Å². The molecule has 0 saturated carbocycles. The first kappa shape index (κ1) is 17.3. The maximum atomic E-state index is 12.2. The van der Waals surface area contributed by atoms with E-state index < -0.39 is 0 Å². The number of aromatic nitrogens is 5. The van der Waals surface area contributed by atoms with Gasteiger partial charge in [-0.2, -0.15) is 0 Å². The quantitative estimate of drug-likeness (QED) is 0.889. The lowest BCUT2D eigenvalue weighted by Crippen LogP contribution is -2.35. The van der Waals surface area contributed by atoms with Crippen LogP contribution in [-0.2, 0) is 13.0 Å². The Kier molecular flexibility index (Phi) is 4.69. The van der Waals surface area contributed by atoms with Crippen LogP contribution in [0.4, 0.5) is 5.82 Å². The van der Waals surface area contributed by atoms with Crippen LogP contribution in [-0.4, -0.2) is 44.2 Å². The maximum absolute atomic E-state index is 12.2. The summed E-state index contributed by atoms with van der Waals surface area (Å²) in [5, 5.41) is 11.1. The second kappa shape index (κ2) is 6.78. The lowest BCUT2D eigenvalue weighted by molar-refractivity contribution is 0.0940. The summed E-state index contributed by atoms with van der Waals surface area (Å²) >= 11 is 0. The molecule has 8 heteroatoms. The van der Waals surface area contributed by atoms with E-state index in [1.807, 2.05) is 30.4 Å². The lowest BCUT2D eigenvalue weighted by Gasteiger charge is -2.26. The fourth-order valence-corrected chi connectivity index (χ4v) is 2.96. The molecule has 2 aromatic heterocycles. The summed E-state index contributed by atoms with van der Waals surface area (Å²) in [6.07, 6.45) is 2.48. The first-order valence-electron chi connectivity index (χ1n) is 8.67. The molecule has 1 aliphatic heterocycles. The molecule has 0 fully saturated rings. The third-order valence-electron chi connectivity index (χ3n) is 4.34. The molecule has 1 N–H and O–H groups in total. The van der Waals surface area contributed by atoms with Crippen molar-refractivity contribution in [2.24, 2.45) is 0 Å². The van der Waals surface area contributed by atoms with Gasteiger partial charge in [0.1, 0.15) is 23.7 Å². The minimum Gasteiger partial charge on any atom is -0.352 e. The molecule has 8 nitrogen and oxygen atoms in total. The highest BCUT2D eigenvalue weighted by atomic mass is 16.1. The van der Waals surface area contributed by atoms with E-state index in [1.165, 1.54) is 0 Å². The van der Waals surface area contributed by atoms with Crippen molar-refractivity contribution in [3.05, 3.63) is 29.2 Å². The summed E-state index contributed by atoms with van der Waals surface area (Å²) in [5.74, 6) is 2.39. The van der Waals surface area contributed by atoms with E-state index in [9.17, 15) is 4.79 Å². The standard InChI is InChI=1S/C17H25N7O/c1-10(2)15-20-14-12(6-7-18-17(14)25)16(21-15)23(5)8-13-22-19-9-24(13)11(3)4/h9-11H,6-8H2,1-5H3,(H,18,25). The maximum Gasteiger partial charge on any atom is 0.270 e. The van der Waals surface area contributed by atoms with Gasteiger partial charge in [-0.1, -0.05) is 13.8 Å². The number of nitrogens with zero attached hydrogens (tertiary/aromatic N) is 6. The summed E-state index contributed by atoms with van der Waals surface area (Å²) in [7, 11) is 1.97. The normalized spacial score (nSPS) is 14.0. The van der Waals surface area contributed by atoms with E-state index in [0.717, 1.165) is 23.6 Å². The number of hydrogen-bond acceptors (Lipinski definition) is 6. The van der Waals surface area contributed by atoms with Crippen LogP contribution in [0.2, 0.25) is 0 Å². The highest BCUT2D eigenvalue weighted by molar-refractivity contribution is 5.96. The van der Waals surface area contributed by atoms with Gasteiger partial charge in [0.05, 0.1) is 6.54 Å². The van der Waals surface area contributed by atoms with Crippen LogP contribution in [0.3, 0.4) is 0 Å². The van der Waals surface area contributed by atoms with Gasteiger partial charge in [0.2, 0.25) is 0 Å². The topological polar surface area (TPSA) is 88.8 Å². The van der Waals surface area contributed by atoms with Gasteiger partial charge in [-0.15, -0.1) is 10.2 Å². The van der Waals surface area contributed by atoms with Crippen LogP contribution in [0.5, 0.6) is 0 Å². The lowest BCUT2D eigenvalue weighted by atomic mass is 10.0. The fourth-order valence-electron chi connectivity index (χ4n) is 2.96. The molecule has 134 valence electrons. The highest BCUT2D eigenvalue weighted by Crippen LogP contribution is 2.26. The van der Waals surface area contributed by atoms with Crippen molar-refractivity contribution in [2.75, 3.05) is 18.5 Å². The molecular formula is C17H25N7O. The molecule has 0 aliphatic carbocycles. The second-order valence-electron chi connectivity index (χ2n) is 7.00. The minimum atomic E-state index is -0.120. The second-order valence-corrected chi connectivity index (χ2v) is 7.00. The van der Waals surface area contributed by atoms with Crippen LogP contribution >= 0.6 is 0 Å². The molecule has 2 aromatic rings.